The SMILES string of the molecule is COc1ccccc1CNc1ccc(-c2ccc(N3CCNCC3)c(Cl)c2)c2nncn12. The van der Waals surface area contributed by atoms with E-state index in [9.17, 15) is 0 Å². The maximum absolute atomic E-state index is 6.69. The van der Waals surface area contributed by atoms with Crippen molar-refractivity contribution in [1.82, 2.24) is 19.9 Å². The molecule has 1 aliphatic heterocycles. The van der Waals surface area contributed by atoms with Crippen LogP contribution in [-0.4, -0.2) is 47.9 Å². The Morgan fingerprint density at radius 3 is 2.75 bits per heavy atom. The number of hydrogen-bond donors (Lipinski definition) is 2. The molecule has 2 aromatic carbocycles. The van der Waals surface area contributed by atoms with Gasteiger partial charge in [-0.3, -0.25) is 4.40 Å². The lowest BCUT2D eigenvalue weighted by atomic mass is 10.1. The minimum absolute atomic E-state index is 0.627. The molecule has 2 N–H and O–H groups in total. The fourth-order valence-electron chi connectivity index (χ4n) is 4.15. The first-order valence-electron chi connectivity index (χ1n) is 10.7. The molecule has 32 heavy (non-hydrogen) atoms. The topological polar surface area (TPSA) is 66.7 Å². The Balaban J connectivity index is 1.43. The smallest absolute Gasteiger partial charge is 0.170 e. The van der Waals surface area contributed by atoms with E-state index in [2.05, 4.69) is 43.9 Å². The van der Waals surface area contributed by atoms with E-state index < -0.39 is 0 Å². The zero-order chi connectivity index (χ0) is 21.9. The molecule has 5 rings (SSSR count). The number of methoxy groups -OCH3 is 1. The highest BCUT2D eigenvalue weighted by atomic mass is 35.5. The van der Waals surface area contributed by atoms with Crippen LogP contribution in [0.4, 0.5) is 11.5 Å². The van der Waals surface area contributed by atoms with E-state index in [0.29, 0.717) is 6.54 Å². The van der Waals surface area contributed by atoms with Crippen LogP contribution in [0.3, 0.4) is 0 Å². The van der Waals surface area contributed by atoms with Crippen LogP contribution in [0.2, 0.25) is 5.02 Å². The molecule has 0 aliphatic carbocycles. The third-order valence-corrected chi connectivity index (χ3v) is 6.13. The van der Waals surface area contributed by atoms with Crippen LogP contribution in [0, 0.1) is 0 Å². The largest absolute Gasteiger partial charge is 0.496 e. The maximum atomic E-state index is 6.69. The summed E-state index contributed by atoms with van der Waals surface area (Å²) in [4.78, 5) is 2.32. The van der Waals surface area contributed by atoms with E-state index >= 15 is 0 Å². The van der Waals surface area contributed by atoms with Crippen molar-refractivity contribution in [3.8, 4) is 16.9 Å². The number of anilines is 2. The quantitative estimate of drug-likeness (QED) is 0.463. The lowest BCUT2D eigenvalue weighted by Gasteiger charge is -2.30. The molecule has 0 radical (unpaired) electrons. The van der Waals surface area contributed by atoms with Crippen LogP contribution >= 0.6 is 11.6 Å². The standard InChI is InChI=1S/C24H25ClN6O/c1-32-22-5-3-2-4-18(22)15-27-23-9-7-19(24-29-28-16-31(23)24)17-6-8-21(20(25)14-17)30-12-10-26-11-13-30/h2-9,14,16,26-27H,10-13,15H2,1H3. The lowest BCUT2D eigenvalue weighted by Crippen LogP contribution is -2.43. The van der Waals surface area contributed by atoms with Gasteiger partial charge in [-0.05, 0) is 35.9 Å². The van der Waals surface area contributed by atoms with Crippen LogP contribution in [0.1, 0.15) is 5.56 Å². The summed E-state index contributed by atoms with van der Waals surface area (Å²) in [7, 11) is 1.68. The van der Waals surface area contributed by atoms with Gasteiger partial charge in [0.1, 0.15) is 17.9 Å². The number of aromatic nitrogens is 3. The highest BCUT2D eigenvalue weighted by Gasteiger charge is 2.16. The molecule has 8 heteroatoms. The number of piperazine rings is 1. The molecule has 2 aromatic heterocycles. The van der Waals surface area contributed by atoms with Gasteiger partial charge in [0.2, 0.25) is 0 Å². The average molecular weight is 449 g/mol. The highest BCUT2D eigenvalue weighted by Crippen LogP contribution is 2.33. The summed E-state index contributed by atoms with van der Waals surface area (Å²) in [5.74, 6) is 1.76. The van der Waals surface area contributed by atoms with Crippen LogP contribution in [0.25, 0.3) is 16.8 Å². The summed E-state index contributed by atoms with van der Waals surface area (Å²) in [6.45, 7) is 4.49. The van der Waals surface area contributed by atoms with Crippen LogP contribution < -0.4 is 20.3 Å². The second-order valence-corrected chi connectivity index (χ2v) is 8.13. The Kier molecular flexibility index (Phi) is 5.83. The average Bonchev–Trinajstić information content (AvgIpc) is 3.33. The van der Waals surface area contributed by atoms with Crippen molar-refractivity contribution >= 4 is 28.8 Å². The van der Waals surface area contributed by atoms with Crippen molar-refractivity contribution in [1.29, 1.82) is 0 Å². The van der Waals surface area contributed by atoms with Crippen LogP contribution in [0.5, 0.6) is 5.75 Å². The molecule has 0 saturated carbocycles. The second-order valence-electron chi connectivity index (χ2n) is 7.73. The Bertz CT molecular complexity index is 1230. The molecule has 0 atom stereocenters. The molecule has 3 heterocycles. The molecule has 164 valence electrons. The fourth-order valence-corrected chi connectivity index (χ4v) is 4.45. The van der Waals surface area contributed by atoms with E-state index in [1.807, 2.05) is 40.8 Å². The predicted molar refractivity (Wildman–Crippen MR) is 129 cm³/mol. The minimum Gasteiger partial charge on any atom is -0.496 e. The zero-order valence-corrected chi connectivity index (χ0v) is 18.6. The Morgan fingerprint density at radius 1 is 1.09 bits per heavy atom. The molecule has 0 amide bonds. The first-order valence-corrected chi connectivity index (χ1v) is 11.1. The van der Waals surface area contributed by atoms with Gasteiger partial charge >= 0.3 is 0 Å². The van der Waals surface area contributed by atoms with Gasteiger partial charge in [-0.15, -0.1) is 10.2 Å². The van der Waals surface area contributed by atoms with Crippen molar-refractivity contribution < 1.29 is 4.74 Å². The third-order valence-electron chi connectivity index (χ3n) is 5.82. The van der Waals surface area contributed by atoms with Gasteiger partial charge < -0.3 is 20.3 Å². The van der Waals surface area contributed by atoms with Crippen molar-refractivity contribution in [3.05, 3.63) is 71.5 Å². The van der Waals surface area contributed by atoms with Gasteiger partial charge in [-0.2, -0.15) is 0 Å². The number of fused-ring (bicyclic) bond motifs is 1. The van der Waals surface area contributed by atoms with Gasteiger partial charge in [0.25, 0.3) is 0 Å². The number of para-hydroxylation sites is 1. The highest BCUT2D eigenvalue weighted by molar-refractivity contribution is 6.33. The molecule has 4 aromatic rings. The van der Waals surface area contributed by atoms with Crippen molar-refractivity contribution in [2.75, 3.05) is 43.5 Å². The van der Waals surface area contributed by atoms with E-state index in [0.717, 1.165) is 70.8 Å². The van der Waals surface area contributed by atoms with Crippen molar-refractivity contribution in [2.24, 2.45) is 0 Å². The maximum Gasteiger partial charge on any atom is 0.170 e. The molecule has 1 fully saturated rings. The minimum atomic E-state index is 0.627. The molecule has 7 nitrogen and oxygen atoms in total. The number of ether oxygens (including phenoxy) is 1. The molecule has 1 saturated heterocycles. The number of benzene rings is 2. The first kappa shape index (κ1) is 20.6. The number of nitrogens with one attached hydrogen (secondary N) is 2. The molecular formula is C24H25ClN6O. The Labute approximate surface area is 192 Å². The summed E-state index contributed by atoms with van der Waals surface area (Å²) in [5.41, 5.74) is 4.93. The van der Waals surface area contributed by atoms with E-state index in [4.69, 9.17) is 16.3 Å². The molecule has 0 unspecified atom stereocenters. The van der Waals surface area contributed by atoms with Gasteiger partial charge in [-0.25, -0.2) is 0 Å². The summed E-state index contributed by atoms with van der Waals surface area (Å²) < 4.78 is 7.42. The van der Waals surface area contributed by atoms with Gasteiger partial charge in [0.05, 0.1) is 17.8 Å². The first-order chi connectivity index (χ1) is 15.7. The predicted octanol–water partition coefficient (Wildman–Crippen LogP) is 4.08. The van der Waals surface area contributed by atoms with E-state index in [1.54, 1.807) is 13.4 Å². The second kappa shape index (κ2) is 9.06. The third kappa shape index (κ3) is 3.97. The molecule has 0 bridgehead atoms. The Morgan fingerprint density at radius 2 is 1.94 bits per heavy atom. The number of hydrogen-bond acceptors (Lipinski definition) is 6. The summed E-state index contributed by atoms with van der Waals surface area (Å²) in [6.07, 6.45) is 1.72. The molecular weight excluding hydrogens is 424 g/mol. The Hall–Kier alpha value is -3.29. The normalized spacial score (nSPS) is 14.0. The van der Waals surface area contributed by atoms with Crippen molar-refractivity contribution in [3.63, 3.8) is 0 Å². The molecule has 1 aliphatic rings. The zero-order valence-electron chi connectivity index (χ0n) is 17.9. The summed E-state index contributed by atoms with van der Waals surface area (Å²) in [6, 6.07) is 18.3. The van der Waals surface area contributed by atoms with Gasteiger partial charge in [-0.1, -0.05) is 35.9 Å². The number of pyridine rings is 1. The van der Waals surface area contributed by atoms with Crippen molar-refractivity contribution in [2.45, 2.75) is 6.54 Å². The van der Waals surface area contributed by atoms with Crippen LogP contribution in [-0.2, 0) is 6.54 Å². The van der Waals surface area contributed by atoms with Gasteiger partial charge in [0, 0.05) is 43.9 Å². The molecule has 0 spiro atoms. The fraction of sp³-hybridized carbons (Fsp3) is 0.250. The summed E-state index contributed by atoms with van der Waals surface area (Å²) in [5, 5.41) is 16.1. The van der Waals surface area contributed by atoms with Crippen LogP contribution in [0.15, 0.2) is 60.9 Å². The number of nitrogens with zero attached hydrogens (tertiary/aromatic N) is 4. The monoisotopic (exact) mass is 448 g/mol. The van der Waals surface area contributed by atoms with E-state index in [-0.39, 0.29) is 0 Å². The lowest BCUT2D eigenvalue weighted by molar-refractivity contribution is 0.410. The summed E-state index contributed by atoms with van der Waals surface area (Å²) >= 11 is 6.69. The van der Waals surface area contributed by atoms with Gasteiger partial charge in [0.15, 0.2) is 5.65 Å². The van der Waals surface area contributed by atoms with E-state index in [1.165, 1.54) is 0 Å². The number of halogens is 1. The number of rotatable bonds is 6.